The molecule has 0 aromatic heterocycles. The maximum Gasteiger partial charge on any atom is 0.307 e. The highest BCUT2D eigenvalue weighted by molar-refractivity contribution is 5.94. The summed E-state index contributed by atoms with van der Waals surface area (Å²) < 4.78 is 0. The number of carboxylic acid groups (broad SMARTS) is 1. The van der Waals surface area contributed by atoms with Gasteiger partial charge in [-0.15, -0.1) is 0 Å². The number of fused-ring (bicyclic) bond motifs is 1. The highest BCUT2D eigenvalue weighted by atomic mass is 16.4. The number of unbranched alkanes of at least 4 members (excludes halogenated alkanes) is 1. The summed E-state index contributed by atoms with van der Waals surface area (Å²) in [6, 6.07) is 24.6. The van der Waals surface area contributed by atoms with Crippen molar-refractivity contribution in [3.63, 3.8) is 0 Å². The van der Waals surface area contributed by atoms with E-state index in [2.05, 4.69) is 35.3 Å². The zero-order chi connectivity index (χ0) is 26.0. The summed E-state index contributed by atoms with van der Waals surface area (Å²) in [5.74, 6) is -0.787. The standard InChI is InChI=1S/C32H38N2O3/c1-2-20-34(29-17-18-30-27(22-29)11-8-12-28(30)23-31(35)36)21-7-6-19-33-32(37)26-15-13-25(14-16-26)24-9-4-3-5-10-24/h3-5,8-16,29H,2,6-7,17-23H2,1H3,(H,33,37)(H,35,36). The van der Waals surface area contributed by atoms with E-state index < -0.39 is 5.97 Å². The zero-order valence-electron chi connectivity index (χ0n) is 21.8. The Bertz CT molecular complexity index is 1170. The first-order chi connectivity index (χ1) is 18.0. The molecule has 1 aliphatic rings. The quantitative estimate of drug-likeness (QED) is 0.312. The average Bonchev–Trinajstić information content (AvgIpc) is 2.92. The van der Waals surface area contributed by atoms with E-state index in [4.69, 9.17) is 0 Å². The number of nitrogens with one attached hydrogen (secondary N) is 1. The maximum atomic E-state index is 12.6. The van der Waals surface area contributed by atoms with Crippen molar-refractivity contribution in [2.75, 3.05) is 19.6 Å². The first-order valence-corrected chi connectivity index (χ1v) is 13.5. The van der Waals surface area contributed by atoms with Crippen LogP contribution in [0.25, 0.3) is 11.1 Å². The van der Waals surface area contributed by atoms with Crippen LogP contribution in [0.1, 0.15) is 59.7 Å². The van der Waals surface area contributed by atoms with E-state index >= 15 is 0 Å². The predicted octanol–water partition coefficient (Wildman–Crippen LogP) is 5.76. The average molecular weight is 499 g/mol. The molecule has 0 saturated heterocycles. The molecule has 194 valence electrons. The third-order valence-electron chi connectivity index (χ3n) is 7.33. The Morgan fingerprint density at radius 3 is 2.41 bits per heavy atom. The molecule has 5 heteroatoms. The lowest BCUT2D eigenvalue weighted by Gasteiger charge is -2.36. The van der Waals surface area contributed by atoms with Crippen molar-refractivity contribution in [3.05, 3.63) is 95.1 Å². The first-order valence-electron chi connectivity index (χ1n) is 13.5. The predicted molar refractivity (Wildman–Crippen MR) is 149 cm³/mol. The Balaban J connectivity index is 1.23. The van der Waals surface area contributed by atoms with E-state index in [0.29, 0.717) is 18.2 Å². The Hall–Kier alpha value is -3.44. The van der Waals surface area contributed by atoms with E-state index in [1.807, 2.05) is 54.6 Å². The Morgan fingerprint density at radius 1 is 0.919 bits per heavy atom. The van der Waals surface area contributed by atoms with E-state index in [1.54, 1.807) is 0 Å². The summed E-state index contributed by atoms with van der Waals surface area (Å²) in [7, 11) is 0. The molecule has 1 unspecified atom stereocenters. The van der Waals surface area contributed by atoms with Gasteiger partial charge in [-0.2, -0.15) is 0 Å². The number of rotatable bonds is 12. The van der Waals surface area contributed by atoms with Gasteiger partial charge in [0.2, 0.25) is 0 Å². The van der Waals surface area contributed by atoms with Crippen LogP contribution in [-0.2, 0) is 24.1 Å². The molecule has 0 bridgehead atoms. The fourth-order valence-electron chi connectivity index (χ4n) is 5.46. The number of carbonyl (C=O) groups is 2. The number of aliphatic carboxylic acids is 1. The van der Waals surface area contributed by atoms with E-state index in [0.717, 1.165) is 68.3 Å². The highest BCUT2D eigenvalue weighted by Gasteiger charge is 2.25. The Labute approximate surface area is 220 Å². The minimum atomic E-state index is -0.764. The number of amides is 1. The van der Waals surface area contributed by atoms with Crippen LogP contribution in [0.3, 0.4) is 0 Å². The lowest BCUT2D eigenvalue weighted by atomic mass is 9.84. The molecule has 0 radical (unpaired) electrons. The van der Waals surface area contributed by atoms with Crippen molar-refractivity contribution in [3.8, 4) is 11.1 Å². The fraction of sp³-hybridized carbons (Fsp3) is 0.375. The third-order valence-corrected chi connectivity index (χ3v) is 7.33. The molecule has 4 rings (SSSR count). The molecule has 1 aliphatic carbocycles. The van der Waals surface area contributed by atoms with Gasteiger partial charge in [-0.1, -0.05) is 67.6 Å². The van der Waals surface area contributed by atoms with Crippen LogP contribution < -0.4 is 5.32 Å². The summed E-state index contributed by atoms with van der Waals surface area (Å²) in [6.07, 6.45) is 6.20. The largest absolute Gasteiger partial charge is 0.481 e. The van der Waals surface area contributed by atoms with Gasteiger partial charge in [0.25, 0.3) is 5.91 Å². The highest BCUT2D eigenvalue weighted by Crippen LogP contribution is 2.28. The van der Waals surface area contributed by atoms with Gasteiger partial charge >= 0.3 is 5.97 Å². The summed E-state index contributed by atoms with van der Waals surface area (Å²) in [5.41, 5.74) is 6.47. The third kappa shape index (κ3) is 7.30. The van der Waals surface area contributed by atoms with Crippen LogP contribution in [-0.4, -0.2) is 47.6 Å². The molecule has 0 heterocycles. The molecule has 2 N–H and O–H groups in total. The summed E-state index contributed by atoms with van der Waals surface area (Å²) in [5, 5.41) is 12.3. The number of carboxylic acids is 1. The van der Waals surface area contributed by atoms with E-state index in [9.17, 15) is 14.7 Å². The molecule has 0 aliphatic heterocycles. The molecule has 0 fully saturated rings. The van der Waals surface area contributed by atoms with E-state index in [-0.39, 0.29) is 12.3 Å². The molecular weight excluding hydrogens is 460 g/mol. The van der Waals surface area contributed by atoms with Gasteiger partial charge in [0, 0.05) is 18.2 Å². The lowest BCUT2D eigenvalue weighted by molar-refractivity contribution is -0.136. The summed E-state index contributed by atoms with van der Waals surface area (Å²) in [6.45, 7) is 4.97. The fourth-order valence-corrected chi connectivity index (χ4v) is 5.46. The maximum absolute atomic E-state index is 12.6. The van der Waals surface area contributed by atoms with Crippen molar-refractivity contribution < 1.29 is 14.7 Å². The molecule has 1 amide bonds. The number of hydrogen-bond donors (Lipinski definition) is 2. The summed E-state index contributed by atoms with van der Waals surface area (Å²) in [4.78, 5) is 26.4. The van der Waals surface area contributed by atoms with Crippen molar-refractivity contribution >= 4 is 11.9 Å². The molecule has 1 atom stereocenters. The van der Waals surface area contributed by atoms with Gasteiger partial charge in [-0.25, -0.2) is 0 Å². The number of nitrogens with zero attached hydrogens (tertiary/aromatic N) is 1. The molecular formula is C32H38N2O3. The van der Waals surface area contributed by atoms with Crippen LogP contribution >= 0.6 is 0 Å². The second kappa shape index (κ2) is 13.2. The smallest absolute Gasteiger partial charge is 0.307 e. The normalized spacial score (nSPS) is 14.8. The Morgan fingerprint density at radius 2 is 1.68 bits per heavy atom. The van der Waals surface area contributed by atoms with Crippen LogP contribution in [0, 0.1) is 0 Å². The van der Waals surface area contributed by atoms with Crippen molar-refractivity contribution in [1.82, 2.24) is 10.2 Å². The van der Waals surface area contributed by atoms with Gasteiger partial charge < -0.3 is 15.3 Å². The Kier molecular flexibility index (Phi) is 9.50. The van der Waals surface area contributed by atoms with Crippen LogP contribution in [0.15, 0.2) is 72.8 Å². The van der Waals surface area contributed by atoms with Gasteiger partial charge in [0.1, 0.15) is 0 Å². The molecule has 0 spiro atoms. The van der Waals surface area contributed by atoms with Crippen molar-refractivity contribution in [1.29, 1.82) is 0 Å². The zero-order valence-corrected chi connectivity index (χ0v) is 21.8. The first kappa shape index (κ1) is 26.6. The van der Waals surface area contributed by atoms with Crippen molar-refractivity contribution in [2.45, 2.75) is 57.9 Å². The molecule has 37 heavy (non-hydrogen) atoms. The topological polar surface area (TPSA) is 69.6 Å². The summed E-state index contributed by atoms with van der Waals surface area (Å²) >= 11 is 0. The lowest BCUT2D eigenvalue weighted by Crippen LogP contribution is -2.41. The molecule has 5 nitrogen and oxygen atoms in total. The van der Waals surface area contributed by atoms with Crippen LogP contribution in [0.2, 0.25) is 0 Å². The van der Waals surface area contributed by atoms with Crippen LogP contribution in [0.5, 0.6) is 0 Å². The van der Waals surface area contributed by atoms with Crippen molar-refractivity contribution in [2.24, 2.45) is 0 Å². The van der Waals surface area contributed by atoms with E-state index in [1.165, 1.54) is 11.1 Å². The van der Waals surface area contributed by atoms with Crippen LogP contribution in [0.4, 0.5) is 0 Å². The van der Waals surface area contributed by atoms with Gasteiger partial charge in [-0.05, 0) is 91.6 Å². The second-order valence-electron chi connectivity index (χ2n) is 9.96. The van der Waals surface area contributed by atoms with Gasteiger partial charge in [-0.3, -0.25) is 9.59 Å². The monoisotopic (exact) mass is 498 g/mol. The van der Waals surface area contributed by atoms with Gasteiger partial charge in [0.05, 0.1) is 6.42 Å². The minimum Gasteiger partial charge on any atom is -0.481 e. The second-order valence-corrected chi connectivity index (χ2v) is 9.96. The number of hydrogen-bond acceptors (Lipinski definition) is 3. The molecule has 3 aromatic rings. The SMILES string of the molecule is CCCN(CCCCNC(=O)c1ccc(-c2ccccc2)cc1)C1CCc2c(CC(=O)O)cccc2C1. The van der Waals surface area contributed by atoms with Gasteiger partial charge in [0.15, 0.2) is 0 Å². The molecule has 3 aromatic carbocycles. The molecule has 0 saturated carbocycles. The number of carbonyl (C=O) groups excluding carboxylic acids is 1. The minimum absolute atomic E-state index is 0.0221. The number of benzene rings is 3.